The van der Waals surface area contributed by atoms with Crippen LogP contribution in [0, 0.1) is 12.3 Å². The molecule has 92 valence electrons. The molecule has 0 aliphatic heterocycles. The molecular formula is C12H11N3O3. The molecule has 1 amide bonds. The average molecular weight is 245 g/mol. The van der Waals surface area contributed by atoms with Crippen molar-refractivity contribution in [3.8, 4) is 23.9 Å². The molecule has 0 radical (unpaired) electrons. The average Bonchev–Trinajstić information content (AvgIpc) is 3.03. The van der Waals surface area contributed by atoms with Gasteiger partial charge in [-0.1, -0.05) is 11.1 Å². The van der Waals surface area contributed by atoms with Crippen molar-refractivity contribution >= 4 is 5.91 Å². The summed E-state index contributed by atoms with van der Waals surface area (Å²) >= 11 is 0. The van der Waals surface area contributed by atoms with Crippen LogP contribution in [0.2, 0.25) is 0 Å². The highest BCUT2D eigenvalue weighted by atomic mass is 16.5. The number of carbonyl (C=O) groups excluding carboxylic acids is 1. The zero-order chi connectivity index (χ0) is 12.8. The predicted molar refractivity (Wildman–Crippen MR) is 62.2 cm³/mol. The molecule has 2 aromatic rings. The Bertz CT molecular complexity index is 551. The fraction of sp³-hybridized carbons (Fsp3) is 0.250. The topological polar surface area (TPSA) is 81.2 Å². The highest BCUT2D eigenvalue weighted by Gasteiger charge is 2.11. The fourth-order valence-electron chi connectivity index (χ4n) is 1.32. The third-order valence-corrected chi connectivity index (χ3v) is 2.16. The number of amides is 1. The van der Waals surface area contributed by atoms with E-state index in [-0.39, 0.29) is 18.9 Å². The van der Waals surface area contributed by atoms with Gasteiger partial charge in [-0.3, -0.25) is 4.79 Å². The first-order chi connectivity index (χ1) is 8.79. The lowest BCUT2D eigenvalue weighted by Gasteiger charge is -1.97. The minimum Gasteiger partial charge on any atom is -0.461 e. The number of aromatic nitrogens is 2. The van der Waals surface area contributed by atoms with Crippen LogP contribution < -0.4 is 5.32 Å². The molecule has 0 atom stereocenters. The van der Waals surface area contributed by atoms with E-state index in [1.54, 1.807) is 12.1 Å². The Kier molecular flexibility index (Phi) is 3.76. The van der Waals surface area contributed by atoms with Gasteiger partial charge in [0.15, 0.2) is 5.76 Å². The summed E-state index contributed by atoms with van der Waals surface area (Å²) in [6.07, 6.45) is 7.17. The van der Waals surface area contributed by atoms with Gasteiger partial charge in [0, 0.05) is 12.8 Å². The molecule has 6 nitrogen and oxygen atoms in total. The molecule has 2 aromatic heterocycles. The van der Waals surface area contributed by atoms with Crippen LogP contribution in [0.1, 0.15) is 12.3 Å². The van der Waals surface area contributed by atoms with Gasteiger partial charge >= 0.3 is 0 Å². The van der Waals surface area contributed by atoms with Crippen LogP contribution in [-0.4, -0.2) is 22.6 Å². The van der Waals surface area contributed by atoms with Crippen molar-refractivity contribution in [3.63, 3.8) is 0 Å². The quantitative estimate of drug-likeness (QED) is 0.795. The van der Waals surface area contributed by atoms with Crippen LogP contribution in [0.5, 0.6) is 0 Å². The molecule has 0 saturated carbocycles. The second kappa shape index (κ2) is 5.68. The van der Waals surface area contributed by atoms with Gasteiger partial charge in [0.1, 0.15) is 0 Å². The lowest BCUT2D eigenvalue weighted by Crippen LogP contribution is -2.23. The predicted octanol–water partition coefficient (Wildman–Crippen LogP) is 1.01. The van der Waals surface area contributed by atoms with Gasteiger partial charge in [-0.05, 0) is 12.1 Å². The molecule has 0 fully saturated rings. The lowest BCUT2D eigenvalue weighted by molar-refractivity contribution is -0.120. The molecule has 0 aliphatic carbocycles. The van der Waals surface area contributed by atoms with Gasteiger partial charge in [-0.15, -0.1) is 6.42 Å². The van der Waals surface area contributed by atoms with E-state index in [9.17, 15) is 4.79 Å². The summed E-state index contributed by atoms with van der Waals surface area (Å²) in [5.41, 5.74) is 0. The third-order valence-electron chi connectivity index (χ3n) is 2.16. The number of furan rings is 1. The van der Waals surface area contributed by atoms with Crippen LogP contribution in [-0.2, 0) is 11.2 Å². The number of terminal acetylenes is 1. The maximum Gasteiger partial charge on any atom is 0.238 e. The number of carbonyl (C=O) groups is 1. The van der Waals surface area contributed by atoms with Gasteiger partial charge < -0.3 is 14.3 Å². The Morgan fingerprint density at radius 3 is 3.17 bits per heavy atom. The summed E-state index contributed by atoms with van der Waals surface area (Å²) in [6, 6.07) is 3.47. The first kappa shape index (κ1) is 11.9. The van der Waals surface area contributed by atoms with Crippen molar-refractivity contribution in [2.45, 2.75) is 12.8 Å². The maximum atomic E-state index is 11.3. The molecule has 0 unspecified atom stereocenters. The molecule has 0 saturated heterocycles. The molecule has 2 heterocycles. The molecule has 1 N–H and O–H groups in total. The standard InChI is InChI=1S/C12H11N3O3/c1-2-7-13-10(16)5-6-11-14-12(15-18-11)9-4-3-8-17-9/h1,3-4,8H,5-7H2,(H,13,16). The second-order valence-corrected chi connectivity index (χ2v) is 3.47. The highest BCUT2D eigenvalue weighted by molar-refractivity contribution is 5.76. The Morgan fingerprint density at radius 2 is 2.44 bits per heavy atom. The summed E-state index contributed by atoms with van der Waals surface area (Å²) in [5, 5.41) is 6.31. The molecule has 0 aliphatic rings. The first-order valence-corrected chi connectivity index (χ1v) is 5.36. The number of aryl methyl sites for hydroxylation is 1. The van der Waals surface area contributed by atoms with Gasteiger partial charge in [0.2, 0.25) is 17.6 Å². The van der Waals surface area contributed by atoms with E-state index in [4.69, 9.17) is 15.4 Å². The third kappa shape index (κ3) is 2.98. The Morgan fingerprint density at radius 1 is 1.56 bits per heavy atom. The summed E-state index contributed by atoms with van der Waals surface area (Å²) in [6.45, 7) is 0.223. The summed E-state index contributed by atoms with van der Waals surface area (Å²) in [5.74, 6) is 3.47. The minimum absolute atomic E-state index is 0.148. The number of hydrogen-bond acceptors (Lipinski definition) is 5. The van der Waals surface area contributed by atoms with E-state index in [1.165, 1.54) is 6.26 Å². The van der Waals surface area contributed by atoms with Crippen LogP contribution in [0.4, 0.5) is 0 Å². The van der Waals surface area contributed by atoms with Crippen molar-refractivity contribution in [1.82, 2.24) is 15.5 Å². The maximum absolute atomic E-state index is 11.3. The van der Waals surface area contributed by atoms with Gasteiger partial charge in [-0.2, -0.15) is 4.98 Å². The lowest BCUT2D eigenvalue weighted by atomic mass is 10.3. The van der Waals surface area contributed by atoms with E-state index in [1.807, 2.05) is 0 Å². The fourth-order valence-corrected chi connectivity index (χ4v) is 1.32. The molecule has 2 rings (SSSR count). The zero-order valence-corrected chi connectivity index (χ0v) is 9.55. The van der Waals surface area contributed by atoms with E-state index in [0.717, 1.165) is 0 Å². The van der Waals surface area contributed by atoms with Crippen molar-refractivity contribution in [2.24, 2.45) is 0 Å². The van der Waals surface area contributed by atoms with Crippen LogP contribution in [0.15, 0.2) is 27.3 Å². The normalized spacial score (nSPS) is 9.94. The molecular weight excluding hydrogens is 234 g/mol. The van der Waals surface area contributed by atoms with Crippen LogP contribution in [0.25, 0.3) is 11.6 Å². The van der Waals surface area contributed by atoms with Gasteiger partial charge in [0.25, 0.3) is 0 Å². The molecule has 18 heavy (non-hydrogen) atoms. The first-order valence-electron chi connectivity index (χ1n) is 5.36. The Labute approximate surface area is 103 Å². The van der Waals surface area contributed by atoms with Crippen molar-refractivity contribution < 1.29 is 13.7 Å². The molecule has 6 heteroatoms. The van der Waals surface area contributed by atoms with Crippen LogP contribution >= 0.6 is 0 Å². The largest absolute Gasteiger partial charge is 0.461 e. The summed E-state index contributed by atoms with van der Waals surface area (Å²) < 4.78 is 10.1. The molecule has 0 aromatic carbocycles. The minimum atomic E-state index is -0.148. The van der Waals surface area contributed by atoms with Gasteiger partial charge in [0.05, 0.1) is 12.8 Å². The van der Waals surface area contributed by atoms with Crippen LogP contribution in [0.3, 0.4) is 0 Å². The number of hydrogen-bond donors (Lipinski definition) is 1. The Balaban J connectivity index is 1.88. The zero-order valence-electron chi connectivity index (χ0n) is 9.55. The van der Waals surface area contributed by atoms with E-state index in [2.05, 4.69) is 21.4 Å². The molecule has 0 bridgehead atoms. The number of nitrogens with one attached hydrogen (secondary N) is 1. The SMILES string of the molecule is C#CCNC(=O)CCc1nc(-c2ccco2)no1. The smallest absolute Gasteiger partial charge is 0.238 e. The highest BCUT2D eigenvalue weighted by Crippen LogP contribution is 2.16. The van der Waals surface area contributed by atoms with Gasteiger partial charge in [-0.25, -0.2) is 0 Å². The number of rotatable bonds is 5. The van der Waals surface area contributed by atoms with Crippen molar-refractivity contribution in [3.05, 3.63) is 24.3 Å². The Hall–Kier alpha value is -2.55. The van der Waals surface area contributed by atoms with E-state index < -0.39 is 0 Å². The van der Waals surface area contributed by atoms with Crippen molar-refractivity contribution in [2.75, 3.05) is 6.54 Å². The van der Waals surface area contributed by atoms with E-state index >= 15 is 0 Å². The molecule has 0 spiro atoms. The number of nitrogens with zero attached hydrogens (tertiary/aromatic N) is 2. The van der Waals surface area contributed by atoms with Crippen molar-refractivity contribution in [1.29, 1.82) is 0 Å². The summed E-state index contributed by atoms with van der Waals surface area (Å²) in [7, 11) is 0. The van der Waals surface area contributed by atoms with E-state index in [0.29, 0.717) is 23.9 Å². The monoisotopic (exact) mass is 245 g/mol. The summed E-state index contributed by atoms with van der Waals surface area (Å²) in [4.78, 5) is 15.4. The second-order valence-electron chi connectivity index (χ2n) is 3.47.